The number of rotatable bonds is 4. The van der Waals surface area contributed by atoms with E-state index in [4.69, 9.17) is 9.16 Å². The van der Waals surface area contributed by atoms with Crippen LogP contribution in [0, 0.1) is 0 Å². The lowest BCUT2D eigenvalue weighted by Gasteiger charge is -2.28. The third-order valence-electron chi connectivity index (χ3n) is 3.90. The molecule has 1 aromatic carbocycles. The van der Waals surface area contributed by atoms with E-state index in [-0.39, 0.29) is 5.41 Å². The molecule has 0 atom stereocenters. The van der Waals surface area contributed by atoms with Gasteiger partial charge in [0, 0.05) is 11.0 Å². The van der Waals surface area contributed by atoms with Crippen molar-refractivity contribution in [1.82, 2.24) is 0 Å². The maximum atomic E-state index is 6.51. The standard InChI is InChI=1S/C16H25BrO2Si/c1-10(2)20(11(3)4)19-13-8-7-12(17)15-14(13)16(5,6)9-18-15/h7-8,10-11,20H,9H2,1-6H3. The zero-order valence-corrected chi connectivity index (χ0v) is 16.0. The van der Waals surface area contributed by atoms with Gasteiger partial charge in [-0.05, 0) is 39.1 Å². The summed E-state index contributed by atoms with van der Waals surface area (Å²) < 4.78 is 13.4. The monoisotopic (exact) mass is 356 g/mol. The molecule has 0 bridgehead atoms. The number of hydrogen-bond acceptors (Lipinski definition) is 2. The van der Waals surface area contributed by atoms with Crippen LogP contribution in [0.4, 0.5) is 0 Å². The minimum absolute atomic E-state index is 0.0152. The molecule has 0 amide bonds. The van der Waals surface area contributed by atoms with Gasteiger partial charge in [0.05, 0.1) is 11.1 Å². The number of halogens is 1. The first-order valence-electron chi connectivity index (χ1n) is 7.36. The molecule has 1 aliphatic heterocycles. The Kier molecular flexibility index (Phi) is 4.55. The molecule has 0 aromatic heterocycles. The van der Waals surface area contributed by atoms with Crippen molar-refractivity contribution in [3.05, 3.63) is 22.2 Å². The lowest BCUT2D eigenvalue weighted by molar-refractivity contribution is 0.289. The summed E-state index contributed by atoms with van der Waals surface area (Å²) in [5, 5.41) is 0. The SMILES string of the molecule is CC(C)[SiH](Oc1ccc(Br)c2c1C(C)(C)CO2)C(C)C. The summed E-state index contributed by atoms with van der Waals surface area (Å²) in [6.45, 7) is 14.3. The molecular weight excluding hydrogens is 332 g/mol. The smallest absolute Gasteiger partial charge is 0.240 e. The van der Waals surface area contributed by atoms with Crippen LogP contribution < -0.4 is 9.16 Å². The average Bonchev–Trinajstić information content (AvgIpc) is 2.65. The molecule has 0 fully saturated rings. The second-order valence-electron chi connectivity index (χ2n) is 6.99. The van der Waals surface area contributed by atoms with Gasteiger partial charge in [-0.25, -0.2) is 0 Å². The lowest BCUT2D eigenvalue weighted by Crippen LogP contribution is -2.30. The molecule has 1 heterocycles. The van der Waals surface area contributed by atoms with Crippen LogP contribution in [0.15, 0.2) is 16.6 Å². The molecule has 0 aliphatic carbocycles. The van der Waals surface area contributed by atoms with Gasteiger partial charge in [0.15, 0.2) is 0 Å². The van der Waals surface area contributed by atoms with Gasteiger partial charge in [-0.2, -0.15) is 0 Å². The molecule has 1 aliphatic rings. The normalized spacial score (nSPS) is 16.7. The molecule has 2 nitrogen and oxygen atoms in total. The highest BCUT2D eigenvalue weighted by molar-refractivity contribution is 9.10. The van der Waals surface area contributed by atoms with E-state index in [2.05, 4.69) is 63.5 Å². The Bertz CT molecular complexity index is 489. The molecule has 0 N–H and O–H groups in total. The second-order valence-corrected chi connectivity index (χ2v) is 11.7. The highest BCUT2D eigenvalue weighted by atomic mass is 79.9. The van der Waals surface area contributed by atoms with E-state index >= 15 is 0 Å². The van der Waals surface area contributed by atoms with E-state index in [0.29, 0.717) is 11.1 Å². The van der Waals surface area contributed by atoms with Gasteiger partial charge in [0.2, 0.25) is 9.04 Å². The summed E-state index contributed by atoms with van der Waals surface area (Å²) in [6, 6.07) is 4.14. The number of benzene rings is 1. The highest BCUT2D eigenvalue weighted by Gasteiger charge is 2.37. The molecule has 0 saturated heterocycles. The van der Waals surface area contributed by atoms with Crippen molar-refractivity contribution >= 4 is 25.0 Å². The molecule has 112 valence electrons. The molecule has 2 rings (SSSR count). The van der Waals surface area contributed by atoms with Gasteiger partial charge in [-0.1, -0.05) is 41.5 Å². The Balaban J connectivity index is 2.42. The Morgan fingerprint density at radius 2 is 1.80 bits per heavy atom. The van der Waals surface area contributed by atoms with E-state index in [0.717, 1.165) is 22.6 Å². The minimum atomic E-state index is -1.29. The van der Waals surface area contributed by atoms with Crippen LogP contribution in [0.2, 0.25) is 11.1 Å². The first kappa shape index (κ1) is 15.9. The van der Waals surface area contributed by atoms with E-state index in [9.17, 15) is 0 Å². The molecule has 0 saturated carbocycles. The van der Waals surface area contributed by atoms with E-state index in [1.807, 2.05) is 6.07 Å². The molecule has 0 unspecified atom stereocenters. The van der Waals surface area contributed by atoms with Gasteiger partial charge in [0.25, 0.3) is 0 Å². The first-order chi connectivity index (χ1) is 9.24. The van der Waals surface area contributed by atoms with Crippen molar-refractivity contribution in [2.75, 3.05) is 6.61 Å². The fraction of sp³-hybridized carbons (Fsp3) is 0.625. The van der Waals surface area contributed by atoms with Crippen LogP contribution in [0.3, 0.4) is 0 Å². The first-order valence-corrected chi connectivity index (χ1v) is 9.96. The Labute approximate surface area is 132 Å². The Morgan fingerprint density at radius 1 is 1.20 bits per heavy atom. The van der Waals surface area contributed by atoms with Gasteiger partial charge in [-0.15, -0.1) is 0 Å². The Morgan fingerprint density at radius 3 is 2.35 bits per heavy atom. The van der Waals surface area contributed by atoms with Crippen LogP contribution >= 0.6 is 15.9 Å². The summed E-state index contributed by atoms with van der Waals surface area (Å²) in [6.07, 6.45) is 0. The van der Waals surface area contributed by atoms with Gasteiger partial charge < -0.3 is 9.16 Å². The van der Waals surface area contributed by atoms with Crippen molar-refractivity contribution in [1.29, 1.82) is 0 Å². The van der Waals surface area contributed by atoms with Gasteiger partial charge in [0.1, 0.15) is 11.5 Å². The van der Waals surface area contributed by atoms with E-state index in [1.54, 1.807) is 0 Å². The van der Waals surface area contributed by atoms with Crippen molar-refractivity contribution in [3.63, 3.8) is 0 Å². The Hall–Kier alpha value is -0.483. The zero-order valence-electron chi connectivity index (χ0n) is 13.3. The molecule has 20 heavy (non-hydrogen) atoms. The molecular formula is C16H25BrO2Si. The van der Waals surface area contributed by atoms with E-state index < -0.39 is 9.04 Å². The molecule has 1 aromatic rings. The van der Waals surface area contributed by atoms with Gasteiger partial charge >= 0.3 is 0 Å². The van der Waals surface area contributed by atoms with Crippen LogP contribution in [0.1, 0.15) is 47.1 Å². The molecule has 4 heteroatoms. The van der Waals surface area contributed by atoms with Crippen LogP contribution in [-0.2, 0) is 5.41 Å². The largest absolute Gasteiger partial charge is 0.546 e. The van der Waals surface area contributed by atoms with Crippen LogP contribution in [0.5, 0.6) is 11.5 Å². The number of fused-ring (bicyclic) bond motifs is 1. The summed E-state index contributed by atoms with van der Waals surface area (Å²) in [5.74, 6) is 2.00. The fourth-order valence-corrected chi connectivity index (χ4v) is 5.95. The average molecular weight is 357 g/mol. The number of ether oxygens (including phenoxy) is 1. The van der Waals surface area contributed by atoms with Crippen molar-refractivity contribution in [2.24, 2.45) is 0 Å². The lowest BCUT2D eigenvalue weighted by atomic mass is 9.86. The van der Waals surface area contributed by atoms with Gasteiger partial charge in [-0.3, -0.25) is 0 Å². The van der Waals surface area contributed by atoms with Crippen LogP contribution in [-0.4, -0.2) is 15.6 Å². The third-order valence-corrected chi connectivity index (χ3v) is 7.68. The topological polar surface area (TPSA) is 18.5 Å². The molecule has 0 spiro atoms. The maximum Gasteiger partial charge on any atom is 0.240 e. The minimum Gasteiger partial charge on any atom is -0.546 e. The predicted octanol–water partition coefficient (Wildman–Crippen LogP) is 5.04. The van der Waals surface area contributed by atoms with Crippen molar-refractivity contribution < 1.29 is 9.16 Å². The van der Waals surface area contributed by atoms with E-state index in [1.165, 1.54) is 5.56 Å². The predicted molar refractivity (Wildman–Crippen MR) is 90.6 cm³/mol. The third kappa shape index (κ3) is 2.91. The van der Waals surface area contributed by atoms with Crippen molar-refractivity contribution in [2.45, 2.75) is 58.0 Å². The fourth-order valence-electron chi connectivity index (χ4n) is 2.93. The second kappa shape index (κ2) is 5.72. The maximum absolute atomic E-state index is 6.51. The molecule has 0 radical (unpaired) electrons. The number of hydrogen-bond donors (Lipinski definition) is 0. The summed E-state index contributed by atoms with van der Waals surface area (Å²) in [7, 11) is -1.29. The highest BCUT2D eigenvalue weighted by Crippen LogP contribution is 2.48. The summed E-state index contributed by atoms with van der Waals surface area (Å²) in [5.41, 5.74) is 2.49. The summed E-state index contributed by atoms with van der Waals surface area (Å²) >= 11 is 3.59. The van der Waals surface area contributed by atoms with Crippen LogP contribution in [0.25, 0.3) is 0 Å². The van der Waals surface area contributed by atoms with Crippen molar-refractivity contribution in [3.8, 4) is 11.5 Å². The zero-order chi connectivity index (χ0) is 15.1. The quantitative estimate of drug-likeness (QED) is 0.703. The summed E-state index contributed by atoms with van der Waals surface area (Å²) in [4.78, 5) is 0.